The molecule has 0 aromatic heterocycles. The zero-order valence-electron chi connectivity index (χ0n) is 17.5. The van der Waals surface area contributed by atoms with E-state index in [-0.39, 0.29) is 28.7 Å². The Hall–Kier alpha value is -2.13. The first kappa shape index (κ1) is 22.6. The van der Waals surface area contributed by atoms with Gasteiger partial charge in [0.15, 0.2) is 6.61 Å². The van der Waals surface area contributed by atoms with Gasteiger partial charge in [0, 0.05) is 26.2 Å². The SMILES string of the molecule is COc1ccc(C(=O)OCC(=O)N2CCCCC2)cc1S(=O)(=O)N1CCCCCC1. The fraction of sp³-hybridized carbons (Fsp3) is 0.619. The molecule has 2 aliphatic rings. The van der Waals surface area contributed by atoms with Crippen molar-refractivity contribution >= 4 is 21.9 Å². The molecule has 2 heterocycles. The van der Waals surface area contributed by atoms with Gasteiger partial charge in [-0.1, -0.05) is 12.8 Å². The largest absolute Gasteiger partial charge is 0.495 e. The topological polar surface area (TPSA) is 93.2 Å². The van der Waals surface area contributed by atoms with Crippen molar-refractivity contribution in [3.05, 3.63) is 23.8 Å². The molecule has 2 saturated heterocycles. The molecule has 2 aliphatic heterocycles. The number of benzene rings is 1. The Bertz CT molecular complexity index is 856. The van der Waals surface area contributed by atoms with E-state index < -0.39 is 16.0 Å². The number of hydrogen-bond donors (Lipinski definition) is 0. The number of piperidine rings is 1. The van der Waals surface area contributed by atoms with Crippen LogP contribution in [0, 0.1) is 0 Å². The summed E-state index contributed by atoms with van der Waals surface area (Å²) in [5.41, 5.74) is 0.0793. The molecule has 0 atom stereocenters. The highest BCUT2D eigenvalue weighted by molar-refractivity contribution is 7.89. The number of esters is 1. The van der Waals surface area contributed by atoms with Crippen molar-refractivity contribution in [2.45, 2.75) is 49.8 Å². The molecular formula is C21H30N2O6S. The number of carbonyl (C=O) groups is 2. The lowest BCUT2D eigenvalue weighted by atomic mass is 10.1. The molecule has 8 nitrogen and oxygen atoms in total. The normalized spacial score (nSPS) is 18.5. The van der Waals surface area contributed by atoms with Crippen molar-refractivity contribution in [1.82, 2.24) is 9.21 Å². The predicted molar refractivity (Wildman–Crippen MR) is 111 cm³/mol. The van der Waals surface area contributed by atoms with Gasteiger partial charge >= 0.3 is 5.97 Å². The molecule has 0 saturated carbocycles. The van der Waals surface area contributed by atoms with E-state index in [2.05, 4.69) is 0 Å². The van der Waals surface area contributed by atoms with E-state index in [1.807, 2.05) is 0 Å². The highest BCUT2D eigenvalue weighted by Crippen LogP contribution is 2.29. The van der Waals surface area contributed by atoms with Crippen molar-refractivity contribution in [2.75, 3.05) is 39.9 Å². The number of sulfonamides is 1. The van der Waals surface area contributed by atoms with Crippen LogP contribution in [-0.2, 0) is 19.6 Å². The van der Waals surface area contributed by atoms with Crippen LogP contribution < -0.4 is 4.74 Å². The van der Waals surface area contributed by atoms with Crippen LogP contribution in [0.3, 0.4) is 0 Å². The van der Waals surface area contributed by atoms with E-state index in [0.29, 0.717) is 26.2 Å². The molecule has 0 N–H and O–H groups in total. The molecule has 166 valence electrons. The van der Waals surface area contributed by atoms with Gasteiger partial charge in [-0.3, -0.25) is 4.79 Å². The molecule has 0 bridgehead atoms. The summed E-state index contributed by atoms with van der Waals surface area (Å²) in [5, 5.41) is 0. The van der Waals surface area contributed by atoms with Crippen LogP contribution in [0.15, 0.2) is 23.1 Å². The van der Waals surface area contributed by atoms with E-state index >= 15 is 0 Å². The molecule has 3 rings (SSSR count). The minimum atomic E-state index is -3.81. The number of likely N-dealkylation sites (tertiary alicyclic amines) is 1. The number of amides is 1. The van der Waals surface area contributed by atoms with Crippen molar-refractivity contribution in [1.29, 1.82) is 0 Å². The number of hydrogen-bond acceptors (Lipinski definition) is 6. The maximum Gasteiger partial charge on any atom is 0.338 e. The fourth-order valence-electron chi connectivity index (χ4n) is 3.87. The Kier molecular flexibility index (Phi) is 7.71. The van der Waals surface area contributed by atoms with Gasteiger partial charge in [0.25, 0.3) is 5.91 Å². The van der Waals surface area contributed by atoms with Gasteiger partial charge < -0.3 is 14.4 Å². The molecule has 0 aliphatic carbocycles. The first-order valence-corrected chi connectivity index (χ1v) is 12.0. The molecule has 0 spiro atoms. The van der Waals surface area contributed by atoms with Gasteiger partial charge in [0.2, 0.25) is 10.0 Å². The molecule has 0 radical (unpaired) electrons. The molecule has 9 heteroatoms. The van der Waals surface area contributed by atoms with Crippen LogP contribution in [0.4, 0.5) is 0 Å². The van der Waals surface area contributed by atoms with Gasteiger partial charge in [0.05, 0.1) is 12.7 Å². The molecule has 0 unspecified atom stereocenters. The van der Waals surface area contributed by atoms with E-state index in [0.717, 1.165) is 44.9 Å². The lowest BCUT2D eigenvalue weighted by molar-refractivity contribution is -0.135. The van der Waals surface area contributed by atoms with Crippen LogP contribution in [-0.4, -0.2) is 69.4 Å². The van der Waals surface area contributed by atoms with Crippen LogP contribution in [0.5, 0.6) is 5.75 Å². The Labute approximate surface area is 178 Å². The summed E-state index contributed by atoms with van der Waals surface area (Å²) in [7, 11) is -2.41. The molecule has 1 aromatic rings. The second kappa shape index (κ2) is 10.3. The maximum absolute atomic E-state index is 13.2. The van der Waals surface area contributed by atoms with Crippen molar-refractivity contribution in [2.24, 2.45) is 0 Å². The van der Waals surface area contributed by atoms with Gasteiger partial charge in [-0.25, -0.2) is 13.2 Å². The highest BCUT2D eigenvalue weighted by atomic mass is 32.2. The number of rotatable bonds is 6. The summed E-state index contributed by atoms with van der Waals surface area (Å²) in [6.45, 7) is 1.91. The standard InChI is InChI=1S/C21H30N2O6S/c1-28-18-10-9-17(21(25)29-16-20(24)22-11-5-4-6-12-22)15-19(18)30(26,27)23-13-7-2-3-8-14-23/h9-10,15H,2-8,11-14,16H2,1H3. The minimum Gasteiger partial charge on any atom is -0.495 e. The summed E-state index contributed by atoms with van der Waals surface area (Å²) < 4.78 is 38.3. The number of methoxy groups -OCH3 is 1. The first-order valence-electron chi connectivity index (χ1n) is 10.6. The Morgan fingerprint density at radius 2 is 1.53 bits per heavy atom. The van der Waals surface area contributed by atoms with E-state index in [9.17, 15) is 18.0 Å². The first-order chi connectivity index (χ1) is 14.4. The quantitative estimate of drug-likeness (QED) is 0.634. The molecule has 30 heavy (non-hydrogen) atoms. The Morgan fingerprint density at radius 3 is 2.17 bits per heavy atom. The van der Waals surface area contributed by atoms with Gasteiger partial charge in [0.1, 0.15) is 10.6 Å². The summed E-state index contributed by atoms with van der Waals surface area (Å²) in [6.07, 6.45) is 6.63. The second-order valence-electron chi connectivity index (χ2n) is 7.70. The molecule has 2 fully saturated rings. The third-order valence-electron chi connectivity index (χ3n) is 5.62. The number of carbonyl (C=O) groups excluding carboxylic acids is 2. The summed E-state index contributed by atoms with van der Waals surface area (Å²) in [5.74, 6) is -0.774. The second-order valence-corrected chi connectivity index (χ2v) is 9.61. The average Bonchev–Trinajstić information content (AvgIpc) is 3.07. The van der Waals surface area contributed by atoms with Gasteiger partial charge in [-0.2, -0.15) is 4.31 Å². The number of nitrogens with zero attached hydrogens (tertiary/aromatic N) is 2. The Balaban J connectivity index is 1.74. The van der Waals surface area contributed by atoms with Crippen LogP contribution >= 0.6 is 0 Å². The third kappa shape index (κ3) is 5.31. The average molecular weight is 439 g/mol. The molecule has 1 amide bonds. The van der Waals surface area contributed by atoms with Crippen LogP contribution in [0.2, 0.25) is 0 Å². The molecule has 1 aromatic carbocycles. The lowest BCUT2D eigenvalue weighted by Gasteiger charge is -2.26. The van der Waals surface area contributed by atoms with Crippen LogP contribution in [0.1, 0.15) is 55.3 Å². The van der Waals surface area contributed by atoms with Gasteiger partial charge in [-0.05, 0) is 50.3 Å². The van der Waals surface area contributed by atoms with E-state index in [1.54, 1.807) is 4.90 Å². The van der Waals surface area contributed by atoms with Crippen molar-refractivity contribution in [3.8, 4) is 5.75 Å². The molecular weight excluding hydrogens is 408 g/mol. The zero-order chi connectivity index (χ0) is 21.6. The highest BCUT2D eigenvalue weighted by Gasteiger charge is 2.29. The third-order valence-corrected chi connectivity index (χ3v) is 7.54. The number of ether oxygens (including phenoxy) is 2. The Morgan fingerprint density at radius 1 is 0.933 bits per heavy atom. The van der Waals surface area contributed by atoms with Crippen LogP contribution in [0.25, 0.3) is 0 Å². The lowest BCUT2D eigenvalue weighted by Crippen LogP contribution is -2.38. The van der Waals surface area contributed by atoms with E-state index in [1.165, 1.54) is 29.6 Å². The summed E-state index contributed by atoms with van der Waals surface area (Å²) in [4.78, 5) is 26.4. The van der Waals surface area contributed by atoms with Crippen molar-refractivity contribution in [3.63, 3.8) is 0 Å². The van der Waals surface area contributed by atoms with Gasteiger partial charge in [-0.15, -0.1) is 0 Å². The monoisotopic (exact) mass is 438 g/mol. The smallest absolute Gasteiger partial charge is 0.338 e. The minimum absolute atomic E-state index is 0.0521. The zero-order valence-corrected chi connectivity index (χ0v) is 18.3. The summed E-state index contributed by atoms with van der Waals surface area (Å²) in [6, 6.07) is 4.19. The summed E-state index contributed by atoms with van der Waals surface area (Å²) >= 11 is 0. The van der Waals surface area contributed by atoms with E-state index in [4.69, 9.17) is 9.47 Å². The maximum atomic E-state index is 13.2. The fourth-order valence-corrected chi connectivity index (χ4v) is 5.57. The van der Waals surface area contributed by atoms with Crippen molar-refractivity contribution < 1.29 is 27.5 Å². The predicted octanol–water partition coefficient (Wildman–Crippen LogP) is 2.43.